The first-order valence-corrected chi connectivity index (χ1v) is 8.55. The third kappa shape index (κ3) is 4.81. The Kier molecular flexibility index (Phi) is 6.40. The van der Waals surface area contributed by atoms with Gasteiger partial charge in [-0.15, -0.1) is 0 Å². The smallest absolute Gasteiger partial charge is 0.264 e. The fourth-order valence-electron chi connectivity index (χ4n) is 1.63. The van der Waals surface area contributed by atoms with Crippen molar-refractivity contribution in [3.63, 3.8) is 0 Å². The maximum absolute atomic E-state index is 13.5. The Hall–Kier alpha value is -0.890. The van der Waals surface area contributed by atoms with E-state index in [1.54, 1.807) is 0 Å². The van der Waals surface area contributed by atoms with Crippen molar-refractivity contribution < 1.29 is 22.3 Å². The van der Waals surface area contributed by atoms with Crippen LogP contribution >= 0.6 is 22.3 Å². The molecule has 0 fully saturated rings. The van der Waals surface area contributed by atoms with Gasteiger partial charge in [0, 0.05) is 38.0 Å². The van der Waals surface area contributed by atoms with Crippen LogP contribution in [0.15, 0.2) is 17.0 Å². The number of hydrogen-bond donors (Lipinski definition) is 0. The Morgan fingerprint density at radius 1 is 1.43 bits per heavy atom. The SMILES string of the molecule is COCCCN(C)C(=O)c1cc(S(=O)(=O)Cl)c(F)cc1Cl. The maximum Gasteiger partial charge on any atom is 0.264 e. The molecule has 118 valence electrons. The van der Waals surface area contributed by atoms with Crippen molar-refractivity contribution in [1.82, 2.24) is 4.90 Å². The number of carbonyl (C=O) groups is 1. The molecule has 0 radical (unpaired) electrons. The Morgan fingerprint density at radius 2 is 2.05 bits per heavy atom. The van der Waals surface area contributed by atoms with Gasteiger partial charge in [-0.2, -0.15) is 0 Å². The molecule has 0 aromatic heterocycles. The second-order valence-corrected chi connectivity index (χ2v) is 7.21. The molecule has 0 heterocycles. The number of ether oxygens (including phenoxy) is 1. The van der Waals surface area contributed by atoms with Gasteiger partial charge in [0.25, 0.3) is 15.0 Å². The van der Waals surface area contributed by atoms with Gasteiger partial charge in [-0.25, -0.2) is 12.8 Å². The molecule has 9 heteroatoms. The zero-order valence-electron chi connectivity index (χ0n) is 11.4. The van der Waals surface area contributed by atoms with Crippen molar-refractivity contribution in [3.8, 4) is 0 Å². The summed E-state index contributed by atoms with van der Waals surface area (Å²) >= 11 is 5.80. The Bertz CT molecular complexity index is 636. The van der Waals surface area contributed by atoms with Crippen LogP contribution in [0.2, 0.25) is 5.02 Å². The van der Waals surface area contributed by atoms with Crippen LogP contribution in [0.5, 0.6) is 0 Å². The first-order valence-electron chi connectivity index (χ1n) is 5.86. The number of carbonyl (C=O) groups excluding carboxylic acids is 1. The van der Waals surface area contributed by atoms with E-state index in [2.05, 4.69) is 0 Å². The van der Waals surface area contributed by atoms with Crippen molar-refractivity contribution in [2.75, 3.05) is 27.3 Å². The lowest BCUT2D eigenvalue weighted by Crippen LogP contribution is -2.28. The zero-order valence-corrected chi connectivity index (χ0v) is 13.7. The molecule has 0 aliphatic heterocycles. The standard InChI is InChI=1S/C12H14Cl2FNO4S/c1-16(4-3-5-20-2)12(17)8-6-11(21(14,18)19)10(15)7-9(8)13/h6-7H,3-5H2,1-2H3. The van der Waals surface area contributed by atoms with Gasteiger partial charge in [0.15, 0.2) is 0 Å². The molecule has 1 amide bonds. The van der Waals surface area contributed by atoms with Crippen LogP contribution in [0.25, 0.3) is 0 Å². The number of halogens is 3. The van der Waals surface area contributed by atoms with Crippen molar-refractivity contribution in [2.24, 2.45) is 0 Å². The molecule has 1 aromatic rings. The molecule has 21 heavy (non-hydrogen) atoms. The highest BCUT2D eigenvalue weighted by atomic mass is 35.7. The van der Waals surface area contributed by atoms with Crippen LogP contribution < -0.4 is 0 Å². The van der Waals surface area contributed by atoms with E-state index in [0.29, 0.717) is 19.6 Å². The van der Waals surface area contributed by atoms with Crippen LogP contribution in [0.3, 0.4) is 0 Å². The van der Waals surface area contributed by atoms with Crippen molar-refractivity contribution >= 4 is 37.2 Å². The molecule has 1 rings (SSSR count). The van der Waals surface area contributed by atoms with E-state index < -0.39 is 25.7 Å². The van der Waals surface area contributed by atoms with E-state index in [1.807, 2.05) is 0 Å². The van der Waals surface area contributed by atoms with E-state index in [4.69, 9.17) is 27.0 Å². The molecule has 0 aliphatic carbocycles. The lowest BCUT2D eigenvalue weighted by Gasteiger charge is -2.18. The van der Waals surface area contributed by atoms with Crippen LogP contribution in [-0.4, -0.2) is 46.5 Å². The molecule has 0 bridgehead atoms. The molecular weight excluding hydrogens is 344 g/mol. The molecule has 0 aliphatic rings. The number of benzene rings is 1. The van der Waals surface area contributed by atoms with Gasteiger partial charge in [-0.3, -0.25) is 4.79 Å². The summed E-state index contributed by atoms with van der Waals surface area (Å²) in [7, 11) is 3.88. The Labute approximate surface area is 132 Å². The average molecular weight is 358 g/mol. The summed E-state index contributed by atoms with van der Waals surface area (Å²) in [4.78, 5) is 12.8. The fourth-order valence-corrected chi connectivity index (χ4v) is 2.77. The summed E-state index contributed by atoms with van der Waals surface area (Å²) in [6, 6.07) is 1.60. The molecule has 0 spiro atoms. The minimum absolute atomic E-state index is 0.128. The number of rotatable bonds is 6. The highest BCUT2D eigenvalue weighted by molar-refractivity contribution is 8.13. The normalized spacial score (nSPS) is 11.5. The topological polar surface area (TPSA) is 63.7 Å². The van der Waals surface area contributed by atoms with Gasteiger partial charge in [0.05, 0.1) is 10.6 Å². The minimum atomic E-state index is -4.31. The Balaban J connectivity index is 3.10. The van der Waals surface area contributed by atoms with Gasteiger partial charge < -0.3 is 9.64 Å². The second kappa shape index (κ2) is 7.40. The van der Waals surface area contributed by atoms with Crippen LogP contribution in [0.1, 0.15) is 16.8 Å². The second-order valence-electron chi connectivity index (χ2n) is 4.27. The molecule has 0 saturated carbocycles. The fraction of sp³-hybridized carbons (Fsp3) is 0.417. The molecule has 0 atom stereocenters. The zero-order chi connectivity index (χ0) is 16.2. The van der Waals surface area contributed by atoms with Gasteiger partial charge in [0.1, 0.15) is 10.7 Å². The number of amides is 1. The van der Waals surface area contributed by atoms with E-state index >= 15 is 0 Å². The number of hydrogen-bond acceptors (Lipinski definition) is 4. The first-order chi connectivity index (χ1) is 9.68. The summed E-state index contributed by atoms with van der Waals surface area (Å²) in [6.45, 7) is 0.847. The van der Waals surface area contributed by atoms with Crippen molar-refractivity contribution in [2.45, 2.75) is 11.3 Å². The molecule has 0 saturated heterocycles. The summed E-state index contributed by atoms with van der Waals surface area (Å²) < 4.78 is 40.9. The first kappa shape index (κ1) is 18.2. The predicted molar refractivity (Wildman–Crippen MR) is 77.9 cm³/mol. The summed E-state index contributed by atoms with van der Waals surface area (Å²) in [5.74, 6) is -1.63. The van der Waals surface area contributed by atoms with Gasteiger partial charge in [0.2, 0.25) is 0 Å². The lowest BCUT2D eigenvalue weighted by molar-refractivity contribution is 0.0779. The van der Waals surface area contributed by atoms with Crippen molar-refractivity contribution in [3.05, 3.63) is 28.5 Å². The molecule has 1 aromatic carbocycles. The Morgan fingerprint density at radius 3 is 2.57 bits per heavy atom. The minimum Gasteiger partial charge on any atom is -0.385 e. The van der Waals surface area contributed by atoms with Gasteiger partial charge >= 0.3 is 0 Å². The maximum atomic E-state index is 13.5. The molecule has 0 N–H and O–H groups in total. The average Bonchev–Trinajstić information content (AvgIpc) is 2.36. The van der Waals surface area contributed by atoms with Gasteiger partial charge in [-0.1, -0.05) is 11.6 Å². The third-order valence-electron chi connectivity index (χ3n) is 2.70. The van der Waals surface area contributed by atoms with E-state index in [9.17, 15) is 17.6 Å². The molecule has 0 unspecified atom stereocenters. The summed E-state index contributed by atoms with van der Waals surface area (Å²) in [6.07, 6.45) is 0.595. The molecule has 5 nitrogen and oxygen atoms in total. The quantitative estimate of drug-likeness (QED) is 0.579. The number of methoxy groups -OCH3 is 1. The largest absolute Gasteiger partial charge is 0.385 e. The summed E-state index contributed by atoms with van der Waals surface area (Å²) in [5, 5.41) is -0.180. The van der Waals surface area contributed by atoms with Crippen LogP contribution in [0, 0.1) is 5.82 Å². The third-order valence-corrected chi connectivity index (χ3v) is 4.35. The van der Waals surface area contributed by atoms with E-state index in [-0.39, 0.29) is 10.6 Å². The van der Waals surface area contributed by atoms with Crippen LogP contribution in [-0.2, 0) is 13.8 Å². The predicted octanol–water partition coefficient (Wildman–Crippen LogP) is 2.52. The number of nitrogens with zero attached hydrogens (tertiary/aromatic N) is 1. The van der Waals surface area contributed by atoms with Gasteiger partial charge in [-0.05, 0) is 18.6 Å². The van der Waals surface area contributed by atoms with Crippen molar-refractivity contribution in [1.29, 1.82) is 0 Å². The monoisotopic (exact) mass is 357 g/mol. The van der Waals surface area contributed by atoms with E-state index in [1.165, 1.54) is 19.1 Å². The summed E-state index contributed by atoms with van der Waals surface area (Å²) in [5.41, 5.74) is -0.128. The molecular formula is C12H14Cl2FNO4S. The lowest BCUT2D eigenvalue weighted by atomic mass is 10.2. The highest BCUT2D eigenvalue weighted by Crippen LogP contribution is 2.27. The van der Waals surface area contributed by atoms with Crippen LogP contribution in [0.4, 0.5) is 4.39 Å². The highest BCUT2D eigenvalue weighted by Gasteiger charge is 2.23. The van der Waals surface area contributed by atoms with E-state index in [0.717, 1.165) is 12.1 Å².